The van der Waals surface area contributed by atoms with Gasteiger partial charge in [0.1, 0.15) is 0 Å². The third kappa shape index (κ3) is 4.33. The Morgan fingerprint density at radius 3 is 2.67 bits per heavy atom. The number of benzene rings is 1. The first-order chi connectivity index (χ1) is 13.2. The number of nitrogens with zero attached hydrogens (tertiary/aromatic N) is 4. The topological polar surface area (TPSA) is 63.1 Å². The normalized spacial score (nSPS) is 21.9. The van der Waals surface area contributed by atoms with Crippen LogP contribution in [0.15, 0.2) is 30.5 Å². The minimum absolute atomic E-state index is 0.166. The molecule has 4 rings (SSSR count). The van der Waals surface area contributed by atoms with Crippen molar-refractivity contribution in [2.45, 2.75) is 57.0 Å². The number of halogens is 1. The second-order valence-electron chi connectivity index (χ2n) is 7.60. The van der Waals surface area contributed by atoms with E-state index in [4.69, 9.17) is 11.6 Å². The molecule has 1 unspecified atom stereocenters. The van der Waals surface area contributed by atoms with Crippen molar-refractivity contribution < 1.29 is 4.79 Å². The molecule has 2 heterocycles. The van der Waals surface area contributed by atoms with Gasteiger partial charge in [0.05, 0.1) is 16.9 Å². The highest BCUT2D eigenvalue weighted by molar-refractivity contribution is 6.32. The van der Waals surface area contributed by atoms with E-state index in [9.17, 15) is 4.79 Å². The van der Waals surface area contributed by atoms with E-state index in [2.05, 4.69) is 20.5 Å². The molecule has 0 radical (unpaired) electrons. The zero-order chi connectivity index (χ0) is 18.6. The summed E-state index contributed by atoms with van der Waals surface area (Å²) >= 11 is 6.19. The van der Waals surface area contributed by atoms with E-state index >= 15 is 0 Å². The fourth-order valence-electron chi connectivity index (χ4n) is 4.24. The maximum atomic E-state index is 12.6. The molecule has 1 amide bonds. The van der Waals surface area contributed by atoms with Gasteiger partial charge in [-0.2, -0.15) is 0 Å². The first-order valence-electron chi connectivity index (χ1n) is 9.93. The maximum absolute atomic E-state index is 12.6. The minimum Gasteiger partial charge on any atom is -0.347 e. The van der Waals surface area contributed by atoms with Crippen LogP contribution in [-0.2, 0) is 0 Å². The van der Waals surface area contributed by atoms with E-state index in [-0.39, 0.29) is 11.9 Å². The molecule has 2 aromatic rings. The lowest BCUT2D eigenvalue weighted by Crippen LogP contribution is -2.39. The second kappa shape index (κ2) is 8.40. The van der Waals surface area contributed by atoms with Gasteiger partial charge in [0, 0.05) is 25.2 Å². The number of likely N-dealkylation sites (tertiary alicyclic amines) is 1. The van der Waals surface area contributed by atoms with Crippen LogP contribution in [0.25, 0.3) is 5.69 Å². The summed E-state index contributed by atoms with van der Waals surface area (Å²) in [6, 6.07) is 8.25. The van der Waals surface area contributed by atoms with Crippen LogP contribution in [0.2, 0.25) is 5.02 Å². The van der Waals surface area contributed by atoms with Crippen LogP contribution in [0, 0.1) is 0 Å². The van der Waals surface area contributed by atoms with E-state index < -0.39 is 0 Å². The highest BCUT2D eigenvalue weighted by atomic mass is 35.5. The fourth-order valence-corrected chi connectivity index (χ4v) is 4.46. The molecule has 1 aromatic carbocycles. The van der Waals surface area contributed by atoms with Gasteiger partial charge >= 0.3 is 0 Å². The molecule has 6 nitrogen and oxygen atoms in total. The third-order valence-electron chi connectivity index (χ3n) is 5.72. The number of hydrogen-bond donors (Lipinski definition) is 1. The lowest BCUT2D eigenvalue weighted by Gasteiger charge is -2.26. The first kappa shape index (κ1) is 18.4. The molecular formula is C20H26ClN5O. The Bertz CT molecular complexity index is 784. The molecule has 1 aliphatic carbocycles. The summed E-state index contributed by atoms with van der Waals surface area (Å²) in [7, 11) is 0. The zero-order valence-electron chi connectivity index (χ0n) is 15.5. The fraction of sp³-hybridized carbons (Fsp3) is 0.550. The SMILES string of the molecule is O=C(NC1CCN(C2CCCCCC2)C1)c1cn(-c2ccccc2Cl)nn1. The van der Waals surface area contributed by atoms with Crippen LogP contribution >= 0.6 is 11.6 Å². The quantitative estimate of drug-likeness (QED) is 0.816. The van der Waals surface area contributed by atoms with Crippen LogP contribution in [-0.4, -0.2) is 51.0 Å². The Kier molecular flexibility index (Phi) is 5.74. The Labute approximate surface area is 164 Å². The van der Waals surface area contributed by atoms with Crippen molar-refractivity contribution in [2.24, 2.45) is 0 Å². The largest absolute Gasteiger partial charge is 0.347 e. The molecule has 144 valence electrons. The highest BCUT2D eigenvalue weighted by Gasteiger charge is 2.30. The molecule has 1 saturated carbocycles. The summed E-state index contributed by atoms with van der Waals surface area (Å²) in [4.78, 5) is 15.2. The van der Waals surface area contributed by atoms with Gasteiger partial charge < -0.3 is 5.32 Å². The lowest BCUT2D eigenvalue weighted by atomic mass is 10.1. The maximum Gasteiger partial charge on any atom is 0.273 e. The van der Waals surface area contributed by atoms with E-state index in [1.54, 1.807) is 16.9 Å². The van der Waals surface area contributed by atoms with Crippen molar-refractivity contribution in [1.29, 1.82) is 0 Å². The molecular weight excluding hydrogens is 362 g/mol. The predicted molar refractivity (Wildman–Crippen MR) is 105 cm³/mol. The molecule has 1 aliphatic heterocycles. The smallest absolute Gasteiger partial charge is 0.273 e. The van der Waals surface area contributed by atoms with Gasteiger partial charge in [0.15, 0.2) is 5.69 Å². The summed E-state index contributed by atoms with van der Waals surface area (Å²) in [5.74, 6) is -0.166. The molecule has 1 saturated heterocycles. The van der Waals surface area contributed by atoms with Crippen molar-refractivity contribution in [2.75, 3.05) is 13.1 Å². The third-order valence-corrected chi connectivity index (χ3v) is 6.04. The van der Waals surface area contributed by atoms with Gasteiger partial charge in [-0.25, -0.2) is 4.68 Å². The molecule has 2 aliphatic rings. The van der Waals surface area contributed by atoms with Crippen molar-refractivity contribution in [3.05, 3.63) is 41.2 Å². The van der Waals surface area contributed by atoms with Gasteiger partial charge in [0.25, 0.3) is 5.91 Å². The van der Waals surface area contributed by atoms with Crippen LogP contribution < -0.4 is 5.32 Å². The molecule has 7 heteroatoms. The van der Waals surface area contributed by atoms with Gasteiger partial charge in [-0.3, -0.25) is 9.69 Å². The van der Waals surface area contributed by atoms with Crippen LogP contribution in [0.4, 0.5) is 0 Å². The molecule has 1 atom stereocenters. The number of carbonyl (C=O) groups is 1. The van der Waals surface area contributed by atoms with Crippen molar-refractivity contribution in [3.63, 3.8) is 0 Å². The first-order valence-corrected chi connectivity index (χ1v) is 10.3. The van der Waals surface area contributed by atoms with Crippen LogP contribution in [0.3, 0.4) is 0 Å². The summed E-state index contributed by atoms with van der Waals surface area (Å²) in [5.41, 5.74) is 1.04. The van der Waals surface area contributed by atoms with E-state index in [0.29, 0.717) is 22.4 Å². The Morgan fingerprint density at radius 1 is 1.11 bits per heavy atom. The number of rotatable bonds is 4. The van der Waals surface area contributed by atoms with Gasteiger partial charge in [-0.1, -0.05) is 54.6 Å². The lowest BCUT2D eigenvalue weighted by molar-refractivity contribution is 0.0930. The Balaban J connectivity index is 1.35. The van der Waals surface area contributed by atoms with Crippen LogP contribution in [0.1, 0.15) is 55.4 Å². The molecule has 0 spiro atoms. The Morgan fingerprint density at radius 2 is 1.89 bits per heavy atom. The average Bonchev–Trinajstić information content (AvgIpc) is 3.26. The van der Waals surface area contributed by atoms with E-state index in [0.717, 1.165) is 19.5 Å². The van der Waals surface area contributed by atoms with E-state index in [1.165, 1.54) is 38.5 Å². The molecule has 27 heavy (non-hydrogen) atoms. The molecule has 1 aromatic heterocycles. The molecule has 0 bridgehead atoms. The standard InChI is InChI=1S/C20H26ClN5O/c21-17-9-5-6-10-19(17)26-14-18(23-24-26)20(27)22-15-11-12-25(13-15)16-7-3-1-2-4-8-16/h5-6,9-10,14-16H,1-4,7-8,11-13H2,(H,22,27). The van der Waals surface area contributed by atoms with Gasteiger partial charge in [-0.05, 0) is 31.4 Å². The number of aromatic nitrogens is 3. The summed E-state index contributed by atoms with van der Waals surface area (Å²) < 4.78 is 1.55. The zero-order valence-corrected chi connectivity index (χ0v) is 16.2. The number of nitrogens with one attached hydrogen (secondary N) is 1. The number of carbonyl (C=O) groups excluding carboxylic acids is 1. The van der Waals surface area contributed by atoms with Gasteiger partial charge in [0.2, 0.25) is 0 Å². The second-order valence-corrected chi connectivity index (χ2v) is 8.01. The molecule has 2 fully saturated rings. The summed E-state index contributed by atoms with van der Waals surface area (Å²) in [5, 5.41) is 11.8. The number of hydrogen-bond acceptors (Lipinski definition) is 4. The predicted octanol–water partition coefficient (Wildman–Crippen LogP) is 3.45. The van der Waals surface area contributed by atoms with Crippen molar-refractivity contribution in [3.8, 4) is 5.69 Å². The summed E-state index contributed by atoms with van der Waals surface area (Å²) in [6.45, 7) is 2.01. The average molecular weight is 388 g/mol. The highest BCUT2D eigenvalue weighted by Crippen LogP contribution is 2.25. The van der Waals surface area contributed by atoms with Crippen molar-refractivity contribution in [1.82, 2.24) is 25.2 Å². The summed E-state index contributed by atoms with van der Waals surface area (Å²) in [6.07, 6.45) is 10.6. The molecule has 1 N–H and O–H groups in total. The number of para-hydroxylation sites is 1. The Hall–Kier alpha value is -1.92. The number of amides is 1. The van der Waals surface area contributed by atoms with Crippen LogP contribution in [0.5, 0.6) is 0 Å². The van der Waals surface area contributed by atoms with Gasteiger partial charge in [-0.15, -0.1) is 5.10 Å². The monoisotopic (exact) mass is 387 g/mol. The minimum atomic E-state index is -0.166. The van der Waals surface area contributed by atoms with E-state index in [1.807, 2.05) is 18.2 Å². The van der Waals surface area contributed by atoms with Crippen molar-refractivity contribution >= 4 is 17.5 Å².